The summed E-state index contributed by atoms with van der Waals surface area (Å²) in [6.45, 7) is 4.29. The second-order valence-corrected chi connectivity index (χ2v) is 15.7. The van der Waals surface area contributed by atoms with E-state index in [-0.39, 0.29) is 15.8 Å². The first-order valence-electron chi connectivity index (χ1n) is 10.9. The number of hydrogen-bond donors (Lipinski definition) is 0. The zero-order valence-corrected chi connectivity index (χ0v) is 20.6. The Labute approximate surface area is 168 Å². The van der Waals surface area contributed by atoms with Crippen LogP contribution in [-0.4, -0.2) is 82.9 Å². The van der Waals surface area contributed by atoms with Gasteiger partial charge in [0.1, 0.15) is 0 Å². The van der Waals surface area contributed by atoms with Crippen LogP contribution in [0.25, 0.3) is 0 Å². The maximum atomic E-state index is 5.31. The fraction of sp³-hybridized carbons (Fsp3) is 1.00. The lowest BCUT2D eigenvalue weighted by Gasteiger charge is -2.25. The molecule has 1 fully saturated rings. The predicted molar refractivity (Wildman–Crippen MR) is 126 cm³/mol. The van der Waals surface area contributed by atoms with E-state index in [1.165, 1.54) is 69.6 Å². The molecule has 0 radical (unpaired) electrons. The first kappa shape index (κ1) is 25.2. The molecule has 0 N–H and O–H groups in total. The van der Waals surface area contributed by atoms with Gasteiger partial charge in [0.25, 0.3) is 0 Å². The van der Waals surface area contributed by atoms with E-state index in [1.807, 2.05) is 14.2 Å². The Morgan fingerprint density at radius 3 is 1.23 bits per heavy atom. The highest BCUT2D eigenvalue weighted by atomic mass is 31.1. The van der Waals surface area contributed by atoms with Crippen LogP contribution in [0, 0.1) is 0 Å². The van der Waals surface area contributed by atoms with Crippen LogP contribution in [0.4, 0.5) is 0 Å². The molecule has 1 aliphatic rings. The van der Waals surface area contributed by atoms with Crippen molar-refractivity contribution in [3.63, 3.8) is 0 Å². The smallest absolute Gasteiger partial charge is 0.0465 e. The number of methoxy groups -OCH3 is 2. The average Bonchev–Trinajstić information content (AvgIpc) is 2.63. The molecular formula is C21H45O2P3. The first-order valence-corrected chi connectivity index (χ1v) is 16.6. The van der Waals surface area contributed by atoms with Crippen molar-refractivity contribution in [1.82, 2.24) is 0 Å². The minimum absolute atomic E-state index is 0.273. The maximum Gasteiger partial charge on any atom is 0.0465 e. The van der Waals surface area contributed by atoms with Crippen LogP contribution in [0.2, 0.25) is 0 Å². The summed E-state index contributed by atoms with van der Waals surface area (Å²) in [6.07, 6.45) is 23.7. The van der Waals surface area contributed by atoms with Crippen molar-refractivity contribution in [3.05, 3.63) is 0 Å². The summed E-state index contributed by atoms with van der Waals surface area (Å²) >= 11 is 0. The van der Waals surface area contributed by atoms with Gasteiger partial charge in [0.05, 0.1) is 0 Å². The molecule has 2 nitrogen and oxygen atoms in total. The summed E-state index contributed by atoms with van der Waals surface area (Å²) in [7, 11) is 4.58. The standard InChI is InChI=1S/C21H45O2P3/c1-4-5-13-24-16-8-18-25(14-6-11-22-2)20-10-21-26(19-9-17-24)15-7-12-23-3/h4-21H2,1-3H3. The Hall–Kier alpha value is 1.21. The Kier molecular flexibility index (Phi) is 17.7. The van der Waals surface area contributed by atoms with E-state index in [1.54, 1.807) is 30.8 Å². The van der Waals surface area contributed by atoms with Crippen molar-refractivity contribution < 1.29 is 9.47 Å². The zero-order valence-electron chi connectivity index (χ0n) is 17.9. The van der Waals surface area contributed by atoms with Crippen molar-refractivity contribution in [1.29, 1.82) is 0 Å². The van der Waals surface area contributed by atoms with Gasteiger partial charge in [-0.05, 0) is 94.0 Å². The molecular weight excluding hydrogens is 377 g/mol. The highest BCUT2D eigenvalue weighted by molar-refractivity contribution is 7.59. The van der Waals surface area contributed by atoms with Gasteiger partial charge in [0, 0.05) is 27.4 Å². The lowest BCUT2D eigenvalue weighted by atomic mass is 10.4. The topological polar surface area (TPSA) is 18.5 Å². The molecule has 156 valence electrons. The minimum Gasteiger partial charge on any atom is -0.385 e. The second-order valence-electron chi connectivity index (χ2n) is 7.63. The normalized spacial score (nSPS) is 26.2. The maximum absolute atomic E-state index is 5.31. The van der Waals surface area contributed by atoms with Crippen molar-refractivity contribution in [2.75, 3.05) is 82.9 Å². The number of unbranched alkanes of at least 4 members (excludes halogenated alkanes) is 1. The summed E-state index contributed by atoms with van der Waals surface area (Å²) in [6, 6.07) is 0. The third kappa shape index (κ3) is 13.4. The number of hydrogen-bond acceptors (Lipinski definition) is 2. The Balaban J connectivity index is 2.52. The van der Waals surface area contributed by atoms with Gasteiger partial charge >= 0.3 is 0 Å². The SMILES string of the molecule is CCCCP1CCCP(CCCOC)CCCP(CCCOC)CCC1. The molecule has 26 heavy (non-hydrogen) atoms. The third-order valence-electron chi connectivity index (χ3n) is 5.32. The lowest BCUT2D eigenvalue weighted by Crippen LogP contribution is -2.07. The molecule has 0 aliphatic carbocycles. The molecule has 0 saturated carbocycles. The molecule has 0 spiro atoms. The van der Waals surface area contributed by atoms with Gasteiger partial charge in [0.2, 0.25) is 0 Å². The average molecular weight is 423 g/mol. The van der Waals surface area contributed by atoms with Gasteiger partial charge in [0.15, 0.2) is 0 Å². The molecule has 1 rings (SSSR count). The van der Waals surface area contributed by atoms with Crippen LogP contribution in [-0.2, 0) is 9.47 Å². The largest absolute Gasteiger partial charge is 0.385 e. The molecule has 2 atom stereocenters. The molecule has 0 aromatic heterocycles. The molecule has 0 amide bonds. The Morgan fingerprint density at radius 1 is 0.577 bits per heavy atom. The summed E-state index contributed by atoms with van der Waals surface area (Å²) in [5.41, 5.74) is 0. The van der Waals surface area contributed by atoms with Gasteiger partial charge < -0.3 is 9.47 Å². The molecule has 1 saturated heterocycles. The van der Waals surface area contributed by atoms with E-state index < -0.39 is 0 Å². The molecule has 2 unspecified atom stereocenters. The summed E-state index contributed by atoms with van der Waals surface area (Å²) in [5.74, 6) is 0. The zero-order chi connectivity index (χ0) is 18.9. The van der Waals surface area contributed by atoms with Crippen LogP contribution in [0.5, 0.6) is 0 Å². The van der Waals surface area contributed by atoms with Gasteiger partial charge in [-0.1, -0.05) is 13.3 Å². The van der Waals surface area contributed by atoms with E-state index in [4.69, 9.17) is 9.47 Å². The van der Waals surface area contributed by atoms with Gasteiger partial charge in [-0.3, -0.25) is 0 Å². The van der Waals surface area contributed by atoms with Crippen molar-refractivity contribution in [2.45, 2.75) is 51.9 Å². The highest BCUT2D eigenvalue weighted by Gasteiger charge is 2.16. The van der Waals surface area contributed by atoms with Gasteiger partial charge in [-0.2, -0.15) is 0 Å². The number of rotatable bonds is 11. The quantitative estimate of drug-likeness (QED) is 0.280. The lowest BCUT2D eigenvalue weighted by molar-refractivity contribution is 0.200. The highest BCUT2D eigenvalue weighted by Crippen LogP contribution is 2.47. The van der Waals surface area contributed by atoms with Crippen molar-refractivity contribution in [3.8, 4) is 0 Å². The van der Waals surface area contributed by atoms with E-state index in [0.717, 1.165) is 13.2 Å². The van der Waals surface area contributed by atoms with Gasteiger partial charge in [-0.25, -0.2) is 0 Å². The molecule has 0 aromatic rings. The van der Waals surface area contributed by atoms with E-state index in [2.05, 4.69) is 6.92 Å². The van der Waals surface area contributed by atoms with Crippen LogP contribution in [0.3, 0.4) is 0 Å². The van der Waals surface area contributed by atoms with Gasteiger partial charge in [-0.15, -0.1) is 23.8 Å². The van der Waals surface area contributed by atoms with Crippen LogP contribution in [0.1, 0.15) is 51.9 Å². The van der Waals surface area contributed by atoms with E-state index in [0.29, 0.717) is 7.92 Å². The molecule has 1 heterocycles. The van der Waals surface area contributed by atoms with E-state index in [9.17, 15) is 0 Å². The minimum atomic E-state index is 0.273. The molecule has 1 aliphatic heterocycles. The molecule has 0 bridgehead atoms. The van der Waals surface area contributed by atoms with E-state index >= 15 is 0 Å². The van der Waals surface area contributed by atoms with Crippen LogP contribution >= 0.6 is 23.8 Å². The molecule has 5 heteroatoms. The summed E-state index contributed by atoms with van der Waals surface area (Å²) < 4.78 is 10.6. The monoisotopic (exact) mass is 422 g/mol. The Bertz CT molecular complexity index is 281. The third-order valence-corrected chi connectivity index (χ3v) is 13.9. The van der Waals surface area contributed by atoms with Crippen molar-refractivity contribution in [2.24, 2.45) is 0 Å². The van der Waals surface area contributed by atoms with Crippen molar-refractivity contribution >= 4 is 23.8 Å². The Morgan fingerprint density at radius 2 is 0.923 bits per heavy atom. The van der Waals surface area contributed by atoms with Crippen LogP contribution < -0.4 is 0 Å². The first-order chi connectivity index (χ1) is 12.8. The summed E-state index contributed by atoms with van der Waals surface area (Å²) in [5, 5.41) is 0. The fourth-order valence-electron chi connectivity index (χ4n) is 3.81. The summed E-state index contributed by atoms with van der Waals surface area (Å²) in [4.78, 5) is 0. The fourth-order valence-corrected chi connectivity index (χ4v) is 12.1. The second kappa shape index (κ2) is 18.3. The predicted octanol–water partition coefficient (Wildman–Crippen LogP) is 6.49. The van der Waals surface area contributed by atoms with Crippen LogP contribution in [0.15, 0.2) is 0 Å². The number of ether oxygens (including phenoxy) is 2. The molecule has 0 aromatic carbocycles.